The Balaban J connectivity index is 1.39. The number of imide groups is 1. The van der Waals surface area contributed by atoms with Crippen LogP contribution in [0.5, 0.6) is 0 Å². The number of hydrogen-bond donors (Lipinski definition) is 1. The van der Waals surface area contributed by atoms with Crippen LogP contribution in [0.3, 0.4) is 0 Å². The predicted octanol–water partition coefficient (Wildman–Crippen LogP) is 2.68. The first-order valence-electron chi connectivity index (χ1n) is 9.82. The summed E-state index contributed by atoms with van der Waals surface area (Å²) in [6, 6.07) is 4.92. The van der Waals surface area contributed by atoms with E-state index in [0.717, 1.165) is 23.2 Å². The molecule has 2 bridgehead atoms. The number of anilines is 1. The Morgan fingerprint density at radius 3 is 2.26 bits per heavy atom. The highest BCUT2D eigenvalue weighted by molar-refractivity contribution is 6.10. The van der Waals surface area contributed by atoms with Crippen molar-refractivity contribution in [3.8, 4) is 0 Å². The number of carbonyl (C=O) groups excluding carboxylic acids is 3. The normalized spacial score (nSPS) is 36.5. The predicted molar refractivity (Wildman–Crippen MR) is 101 cm³/mol. The van der Waals surface area contributed by atoms with Crippen LogP contribution in [-0.2, 0) is 14.4 Å². The fraction of sp³-hybridized carbons (Fsp3) is 0.500. The van der Waals surface area contributed by atoms with Gasteiger partial charge in [-0.25, -0.2) is 0 Å². The summed E-state index contributed by atoms with van der Waals surface area (Å²) in [7, 11) is 0. The number of nitrogens with zero attached hydrogens (tertiary/aromatic N) is 1. The highest BCUT2D eigenvalue weighted by atomic mass is 16.2. The Morgan fingerprint density at radius 1 is 1.07 bits per heavy atom. The van der Waals surface area contributed by atoms with Crippen molar-refractivity contribution in [3.05, 3.63) is 41.5 Å². The lowest BCUT2D eigenvalue weighted by Gasteiger charge is -2.37. The molecule has 27 heavy (non-hydrogen) atoms. The number of aryl methyl sites for hydroxylation is 1. The summed E-state index contributed by atoms with van der Waals surface area (Å²) in [5.74, 6) is 0.362. The van der Waals surface area contributed by atoms with Crippen LogP contribution in [0.4, 0.5) is 5.69 Å². The van der Waals surface area contributed by atoms with Crippen LogP contribution in [0.1, 0.15) is 24.5 Å². The van der Waals surface area contributed by atoms with E-state index in [-0.39, 0.29) is 41.4 Å². The van der Waals surface area contributed by atoms with E-state index in [4.69, 9.17) is 0 Å². The molecule has 1 N–H and O–H groups in total. The third-order valence-corrected chi connectivity index (χ3v) is 7.33. The molecular weight excluding hydrogens is 340 g/mol. The van der Waals surface area contributed by atoms with Crippen LogP contribution in [-0.4, -0.2) is 28.7 Å². The van der Waals surface area contributed by atoms with Gasteiger partial charge in [-0.05, 0) is 68.1 Å². The molecule has 0 unspecified atom stereocenters. The summed E-state index contributed by atoms with van der Waals surface area (Å²) in [6.07, 6.45) is 5.43. The molecule has 2 saturated carbocycles. The number of hydrogen-bond acceptors (Lipinski definition) is 3. The van der Waals surface area contributed by atoms with Gasteiger partial charge in [0.2, 0.25) is 17.7 Å². The first kappa shape index (κ1) is 16.7. The van der Waals surface area contributed by atoms with E-state index in [9.17, 15) is 14.4 Å². The molecule has 0 radical (unpaired) electrons. The van der Waals surface area contributed by atoms with Crippen LogP contribution in [0, 0.1) is 49.4 Å². The molecule has 7 atom stereocenters. The SMILES string of the molecule is Cc1cccc(NC(=O)[C@@H](C)N2C(=O)[C@H]3[C@@H]4C=C[C@H]([C@H]5C[C@H]45)[C@@H]3C2=O)c1C. The van der Waals surface area contributed by atoms with Crippen molar-refractivity contribution >= 4 is 23.4 Å². The summed E-state index contributed by atoms with van der Waals surface area (Å²) in [4.78, 5) is 40.3. The maximum Gasteiger partial charge on any atom is 0.247 e. The lowest BCUT2D eigenvalue weighted by Crippen LogP contribution is -2.46. The number of carbonyl (C=O) groups is 3. The van der Waals surface area contributed by atoms with Crippen molar-refractivity contribution in [2.45, 2.75) is 33.2 Å². The second-order valence-electron chi connectivity index (χ2n) is 8.61. The number of amides is 3. The molecule has 1 aromatic carbocycles. The number of likely N-dealkylation sites (tertiary alicyclic amines) is 1. The van der Waals surface area contributed by atoms with Crippen molar-refractivity contribution in [1.82, 2.24) is 4.90 Å². The van der Waals surface area contributed by atoms with E-state index < -0.39 is 6.04 Å². The van der Waals surface area contributed by atoms with Crippen LogP contribution < -0.4 is 5.32 Å². The van der Waals surface area contributed by atoms with Crippen LogP contribution in [0.15, 0.2) is 30.4 Å². The van der Waals surface area contributed by atoms with Gasteiger partial charge in [0.05, 0.1) is 11.8 Å². The van der Waals surface area contributed by atoms with Gasteiger partial charge in [-0.15, -0.1) is 0 Å². The van der Waals surface area contributed by atoms with Gasteiger partial charge < -0.3 is 5.32 Å². The zero-order valence-electron chi connectivity index (χ0n) is 15.8. The van der Waals surface area contributed by atoms with Gasteiger partial charge in [0.1, 0.15) is 6.04 Å². The minimum atomic E-state index is -0.800. The molecule has 6 rings (SSSR count). The zero-order valence-corrected chi connectivity index (χ0v) is 15.8. The molecule has 4 aliphatic carbocycles. The van der Waals surface area contributed by atoms with E-state index in [2.05, 4.69) is 17.5 Å². The van der Waals surface area contributed by atoms with E-state index in [1.54, 1.807) is 6.92 Å². The second-order valence-corrected chi connectivity index (χ2v) is 8.61. The minimum Gasteiger partial charge on any atom is -0.324 e. The minimum absolute atomic E-state index is 0.154. The number of rotatable bonds is 3. The van der Waals surface area contributed by atoms with Gasteiger partial charge >= 0.3 is 0 Å². The van der Waals surface area contributed by atoms with Crippen molar-refractivity contribution < 1.29 is 14.4 Å². The van der Waals surface area contributed by atoms with Crippen molar-refractivity contribution in [2.24, 2.45) is 35.5 Å². The molecule has 0 spiro atoms. The number of allylic oxidation sites excluding steroid dienone is 2. The topological polar surface area (TPSA) is 66.5 Å². The summed E-state index contributed by atoms with van der Waals surface area (Å²) < 4.78 is 0. The largest absolute Gasteiger partial charge is 0.324 e. The first-order chi connectivity index (χ1) is 12.9. The molecule has 5 heteroatoms. The Kier molecular flexibility index (Phi) is 3.43. The molecule has 3 amide bonds. The molecule has 140 valence electrons. The van der Waals surface area contributed by atoms with Gasteiger partial charge in [0.25, 0.3) is 0 Å². The fourth-order valence-electron chi connectivity index (χ4n) is 5.60. The van der Waals surface area contributed by atoms with Gasteiger partial charge in [-0.3, -0.25) is 19.3 Å². The molecule has 5 nitrogen and oxygen atoms in total. The van der Waals surface area contributed by atoms with Crippen LogP contribution in [0.2, 0.25) is 0 Å². The molecule has 0 aromatic heterocycles. The van der Waals surface area contributed by atoms with E-state index in [0.29, 0.717) is 11.8 Å². The Labute approximate surface area is 158 Å². The van der Waals surface area contributed by atoms with Crippen molar-refractivity contribution in [3.63, 3.8) is 0 Å². The van der Waals surface area contributed by atoms with E-state index in [1.165, 1.54) is 4.90 Å². The summed E-state index contributed by atoms with van der Waals surface area (Å²) in [6.45, 7) is 5.59. The van der Waals surface area contributed by atoms with Crippen molar-refractivity contribution in [1.29, 1.82) is 0 Å². The lowest BCUT2D eigenvalue weighted by atomic mass is 9.63. The van der Waals surface area contributed by atoms with E-state index >= 15 is 0 Å². The molecule has 1 saturated heterocycles. The van der Waals surface area contributed by atoms with Crippen LogP contribution in [0.25, 0.3) is 0 Å². The Morgan fingerprint density at radius 2 is 1.67 bits per heavy atom. The average Bonchev–Trinajstić information content (AvgIpc) is 3.42. The first-order valence-corrected chi connectivity index (χ1v) is 9.82. The monoisotopic (exact) mass is 364 g/mol. The van der Waals surface area contributed by atoms with E-state index in [1.807, 2.05) is 32.0 Å². The molecule has 1 aromatic rings. The Bertz CT molecular complexity index is 869. The van der Waals surface area contributed by atoms with Crippen LogP contribution >= 0.6 is 0 Å². The average molecular weight is 364 g/mol. The Hall–Kier alpha value is -2.43. The molecule has 1 aliphatic heterocycles. The maximum absolute atomic E-state index is 13.1. The molecule has 1 heterocycles. The second kappa shape index (κ2) is 5.54. The number of benzene rings is 1. The summed E-state index contributed by atoms with van der Waals surface area (Å²) >= 11 is 0. The highest BCUT2D eigenvalue weighted by Gasteiger charge is 2.67. The zero-order chi connectivity index (χ0) is 19.0. The highest BCUT2D eigenvalue weighted by Crippen LogP contribution is 2.65. The quantitative estimate of drug-likeness (QED) is 0.662. The summed E-state index contributed by atoms with van der Waals surface area (Å²) in [5.41, 5.74) is 2.81. The standard InChI is InChI=1S/C22H24N2O3/c1-10-5-4-6-17(11(10)2)23-20(25)12(3)24-21(26)18-13-7-8-14(16-9-15(13)16)19(18)22(24)27/h4-8,12-16,18-19H,9H2,1-3H3,(H,23,25)/t12-,13-,14-,15-,16-,18+,19+/m1/s1. The van der Waals surface area contributed by atoms with Crippen molar-refractivity contribution in [2.75, 3.05) is 5.32 Å². The van der Waals surface area contributed by atoms with Gasteiger partial charge in [0.15, 0.2) is 0 Å². The number of nitrogens with one attached hydrogen (secondary N) is 1. The molecule has 3 fully saturated rings. The maximum atomic E-state index is 13.1. The molecular formula is C22H24N2O3. The van der Waals surface area contributed by atoms with Gasteiger partial charge in [0, 0.05) is 5.69 Å². The summed E-state index contributed by atoms with van der Waals surface area (Å²) in [5, 5.41) is 2.91. The smallest absolute Gasteiger partial charge is 0.247 e. The van der Waals surface area contributed by atoms with Gasteiger partial charge in [-0.1, -0.05) is 24.3 Å². The molecule has 5 aliphatic rings. The van der Waals surface area contributed by atoms with Gasteiger partial charge in [-0.2, -0.15) is 0 Å². The third-order valence-electron chi connectivity index (χ3n) is 7.33. The lowest BCUT2D eigenvalue weighted by molar-refractivity contribution is -0.146. The fourth-order valence-corrected chi connectivity index (χ4v) is 5.60. The third kappa shape index (κ3) is 2.20.